The highest BCUT2D eigenvalue weighted by Crippen LogP contribution is 2.22. The maximum atomic E-state index is 12.8. The number of nitrogens with zero attached hydrogens (tertiary/aromatic N) is 3. The lowest BCUT2D eigenvalue weighted by molar-refractivity contribution is -0.117. The molecule has 0 saturated carbocycles. The first-order valence-electron chi connectivity index (χ1n) is 10.9. The quantitative estimate of drug-likeness (QED) is 0.625. The molecule has 168 valence electrons. The largest absolute Gasteiger partial charge is 0.379 e. The summed E-state index contributed by atoms with van der Waals surface area (Å²) in [6.07, 6.45) is 3.31. The van der Waals surface area contributed by atoms with Gasteiger partial charge in [0, 0.05) is 37.8 Å². The molecule has 1 fully saturated rings. The van der Waals surface area contributed by atoms with Gasteiger partial charge in [-0.25, -0.2) is 0 Å². The molecule has 7 heteroatoms. The van der Waals surface area contributed by atoms with E-state index in [2.05, 4.69) is 60.4 Å². The van der Waals surface area contributed by atoms with Crippen LogP contribution < -0.4 is 5.32 Å². The molecule has 1 amide bonds. The Bertz CT molecular complexity index is 899. The van der Waals surface area contributed by atoms with Gasteiger partial charge in [0.25, 0.3) is 0 Å². The molecule has 2 heterocycles. The molecule has 0 aliphatic carbocycles. The Balaban J connectivity index is 1.72. The molecule has 6 nitrogen and oxygen atoms in total. The Morgan fingerprint density at radius 1 is 1.19 bits per heavy atom. The number of aryl methyl sites for hydroxylation is 2. The van der Waals surface area contributed by atoms with E-state index in [-0.39, 0.29) is 11.9 Å². The van der Waals surface area contributed by atoms with E-state index in [9.17, 15) is 4.79 Å². The molecule has 0 radical (unpaired) electrons. The number of hydrogen-bond acceptors (Lipinski definition) is 4. The van der Waals surface area contributed by atoms with Gasteiger partial charge in [0.05, 0.1) is 24.9 Å². The predicted molar refractivity (Wildman–Crippen MR) is 125 cm³/mol. The van der Waals surface area contributed by atoms with E-state index in [4.69, 9.17) is 16.3 Å². The number of amides is 1. The third-order valence-electron chi connectivity index (χ3n) is 5.39. The molecule has 1 atom stereocenters. The number of rotatable bonds is 8. The molecule has 31 heavy (non-hydrogen) atoms. The zero-order valence-corrected chi connectivity index (χ0v) is 19.7. The van der Waals surface area contributed by atoms with Crippen LogP contribution in [0.4, 0.5) is 0 Å². The minimum absolute atomic E-state index is 0.101. The van der Waals surface area contributed by atoms with E-state index in [1.807, 2.05) is 6.92 Å². The Morgan fingerprint density at radius 3 is 2.52 bits per heavy atom. The summed E-state index contributed by atoms with van der Waals surface area (Å²) in [5.74, 6) is 0.290. The van der Waals surface area contributed by atoms with Crippen LogP contribution in [-0.2, 0) is 16.1 Å². The molecule has 1 unspecified atom stereocenters. The molecule has 1 aromatic carbocycles. The van der Waals surface area contributed by atoms with Gasteiger partial charge < -0.3 is 10.1 Å². The van der Waals surface area contributed by atoms with Gasteiger partial charge in [-0.05, 0) is 31.4 Å². The second-order valence-electron chi connectivity index (χ2n) is 8.58. The summed E-state index contributed by atoms with van der Waals surface area (Å²) >= 11 is 6.50. The third kappa shape index (κ3) is 6.66. The minimum Gasteiger partial charge on any atom is -0.379 e. The van der Waals surface area contributed by atoms with Crippen LogP contribution in [0, 0.1) is 19.8 Å². The summed E-state index contributed by atoms with van der Waals surface area (Å²) in [5, 5.41) is 8.24. The van der Waals surface area contributed by atoms with E-state index >= 15 is 0 Å². The summed E-state index contributed by atoms with van der Waals surface area (Å²) < 4.78 is 7.26. The number of halogens is 1. The first kappa shape index (κ1) is 23.5. The van der Waals surface area contributed by atoms with Crippen molar-refractivity contribution in [1.82, 2.24) is 20.0 Å². The Labute approximate surface area is 190 Å². The zero-order chi connectivity index (χ0) is 22.4. The molecular weight excluding hydrogens is 412 g/mol. The fraction of sp³-hybridized carbons (Fsp3) is 0.500. The SMILES string of the molecule is Cc1ccc(C(CN2CCOCC2)NC(=O)/C=C/c2c(C)nn(CC(C)C)c2Cl)cc1. The second-order valence-corrected chi connectivity index (χ2v) is 8.94. The van der Waals surface area contributed by atoms with Crippen molar-refractivity contribution in [3.8, 4) is 0 Å². The Morgan fingerprint density at radius 2 is 1.87 bits per heavy atom. The molecule has 1 saturated heterocycles. The van der Waals surface area contributed by atoms with Crippen molar-refractivity contribution in [2.75, 3.05) is 32.8 Å². The van der Waals surface area contributed by atoms with Crippen molar-refractivity contribution in [2.45, 2.75) is 40.3 Å². The van der Waals surface area contributed by atoms with E-state index < -0.39 is 0 Å². The Kier molecular flexibility index (Phi) is 8.29. The molecule has 0 spiro atoms. The molecule has 1 aliphatic heterocycles. The lowest BCUT2D eigenvalue weighted by Gasteiger charge is -2.31. The average molecular weight is 445 g/mol. The van der Waals surface area contributed by atoms with Crippen LogP contribution in [-0.4, -0.2) is 53.4 Å². The van der Waals surface area contributed by atoms with E-state index in [0.717, 1.165) is 56.2 Å². The van der Waals surface area contributed by atoms with Crippen LogP contribution in [0.15, 0.2) is 30.3 Å². The van der Waals surface area contributed by atoms with Crippen LogP contribution in [0.2, 0.25) is 5.15 Å². The average Bonchev–Trinajstić information content (AvgIpc) is 2.99. The maximum absolute atomic E-state index is 12.8. The van der Waals surface area contributed by atoms with Crippen LogP contribution >= 0.6 is 11.6 Å². The number of carbonyl (C=O) groups excluding carboxylic acids is 1. The van der Waals surface area contributed by atoms with Crippen molar-refractivity contribution < 1.29 is 9.53 Å². The highest BCUT2D eigenvalue weighted by molar-refractivity contribution is 6.31. The van der Waals surface area contributed by atoms with E-state index in [0.29, 0.717) is 11.1 Å². The number of morpholine rings is 1. The van der Waals surface area contributed by atoms with Crippen molar-refractivity contribution in [3.05, 3.63) is 57.9 Å². The molecular formula is C24H33ClN4O2. The Hall–Kier alpha value is -2.15. The molecule has 1 aliphatic rings. The van der Waals surface area contributed by atoms with Gasteiger partial charge in [0.15, 0.2) is 0 Å². The standard InChI is InChI=1S/C24H33ClN4O2/c1-17(2)15-29-24(25)21(19(4)27-29)9-10-23(30)26-22(16-28-11-13-31-14-12-28)20-7-5-18(3)6-8-20/h5-10,17,22H,11-16H2,1-4H3,(H,26,30)/b10-9+. The van der Waals surface area contributed by atoms with Crippen molar-refractivity contribution in [1.29, 1.82) is 0 Å². The zero-order valence-electron chi connectivity index (χ0n) is 18.9. The molecule has 0 bridgehead atoms. The van der Waals surface area contributed by atoms with Crippen molar-refractivity contribution in [2.24, 2.45) is 5.92 Å². The summed E-state index contributed by atoms with van der Waals surface area (Å²) in [4.78, 5) is 15.1. The molecule has 2 aromatic rings. The first-order chi connectivity index (χ1) is 14.8. The number of nitrogens with one attached hydrogen (secondary N) is 1. The monoisotopic (exact) mass is 444 g/mol. The molecule has 1 aromatic heterocycles. The van der Waals surface area contributed by atoms with Crippen LogP contribution in [0.1, 0.15) is 42.3 Å². The highest BCUT2D eigenvalue weighted by Gasteiger charge is 2.20. The molecule has 3 rings (SSSR count). The summed E-state index contributed by atoms with van der Waals surface area (Å²) in [6.45, 7) is 12.9. The summed E-state index contributed by atoms with van der Waals surface area (Å²) in [7, 11) is 0. The smallest absolute Gasteiger partial charge is 0.244 e. The fourth-order valence-corrected chi connectivity index (χ4v) is 3.98. The number of hydrogen-bond donors (Lipinski definition) is 1. The van der Waals surface area contributed by atoms with Crippen LogP contribution in [0.25, 0.3) is 6.08 Å². The van der Waals surface area contributed by atoms with Gasteiger partial charge in [-0.2, -0.15) is 5.10 Å². The maximum Gasteiger partial charge on any atom is 0.244 e. The lowest BCUT2D eigenvalue weighted by atomic mass is 10.0. The normalized spacial score (nSPS) is 16.2. The molecule has 1 N–H and O–H groups in total. The van der Waals surface area contributed by atoms with E-state index in [1.165, 1.54) is 5.56 Å². The van der Waals surface area contributed by atoms with E-state index in [1.54, 1.807) is 16.8 Å². The summed E-state index contributed by atoms with van der Waals surface area (Å²) in [5.41, 5.74) is 3.90. The van der Waals surface area contributed by atoms with Crippen molar-refractivity contribution in [3.63, 3.8) is 0 Å². The number of carbonyl (C=O) groups is 1. The van der Waals surface area contributed by atoms with Gasteiger partial charge in [0.1, 0.15) is 5.15 Å². The van der Waals surface area contributed by atoms with Gasteiger partial charge >= 0.3 is 0 Å². The fourth-order valence-electron chi connectivity index (χ4n) is 3.68. The van der Waals surface area contributed by atoms with Gasteiger partial charge in [-0.3, -0.25) is 14.4 Å². The lowest BCUT2D eigenvalue weighted by Crippen LogP contribution is -2.42. The van der Waals surface area contributed by atoms with Gasteiger partial charge in [-0.15, -0.1) is 0 Å². The summed E-state index contributed by atoms with van der Waals surface area (Å²) in [6, 6.07) is 8.23. The third-order valence-corrected chi connectivity index (χ3v) is 5.79. The number of aromatic nitrogens is 2. The first-order valence-corrected chi connectivity index (χ1v) is 11.3. The number of benzene rings is 1. The van der Waals surface area contributed by atoms with Gasteiger partial charge in [-0.1, -0.05) is 55.3 Å². The van der Waals surface area contributed by atoms with Gasteiger partial charge in [0.2, 0.25) is 5.91 Å². The van der Waals surface area contributed by atoms with Crippen LogP contribution in [0.5, 0.6) is 0 Å². The highest BCUT2D eigenvalue weighted by atomic mass is 35.5. The predicted octanol–water partition coefficient (Wildman–Crippen LogP) is 4.01. The van der Waals surface area contributed by atoms with Crippen molar-refractivity contribution >= 4 is 23.6 Å². The van der Waals surface area contributed by atoms with Crippen LogP contribution in [0.3, 0.4) is 0 Å². The minimum atomic E-state index is -0.147. The second kappa shape index (κ2) is 10.9. The number of ether oxygens (including phenoxy) is 1. The topological polar surface area (TPSA) is 59.4 Å².